The van der Waals surface area contributed by atoms with Gasteiger partial charge in [-0.05, 0) is 44.0 Å². The average Bonchev–Trinajstić information content (AvgIpc) is 2.44. The predicted octanol–water partition coefficient (Wildman–Crippen LogP) is 2.37. The molecule has 0 aromatic heterocycles. The van der Waals surface area contributed by atoms with Crippen LogP contribution in [0.4, 0.5) is 5.69 Å². The largest absolute Gasteiger partial charge is 0.464 e. The molecule has 0 aliphatic carbocycles. The molecule has 0 radical (unpaired) electrons. The van der Waals surface area contributed by atoms with Crippen molar-refractivity contribution in [2.75, 3.05) is 23.4 Å². The van der Waals surface area contributed by atoms with Crippen molar-refractivity contribution in [1.82, 2.24) is 0 Å². The van der Waals surface area contributed by atoms with Crippen molar-refractivity contribution in [3.63, 3.8) is 0 Å². The van der Waals surface area contributed by atoms with Gasteiger partial charge in [0.2, 0.25) is 0 Å². The fourth-order valence-electron chi connectivity index (χ4n) is 2.35. The molecule has 0 unspecified atom stereocenters. The van der Waals surface area contributed by atoms with Gasteiger partial charge >= 0.3 is 5.97 Å². The Morgan fingerprint density at radius 1 is 1.29 bits per heavy atom. The van der Waals surface area contributed by atoms with Crippen LogP contribution in [0, 0.1) is 0 Å². The summed E-state index contributed by atoms with van der Waals surface area (Å²) >= 11 is 3.35. The molecule has 1 fully saturated rings. The number of anilines is 1. The number of rotatable bonds is 4. The normalized spacial score (nSPS) is 19.7. The molecule has 116 valence electrons. The number of hydrogen-bond acceptors (Lipinski definition) is 5. The number of carbonyl (C=O) groups is 1. The van der Waals surface area contributed by atoms with E-state index in [2.05, 4.69) is 21.2 Å². The second-order valence-electron chi connectivity index (χ2n) is 5.09. The molecule has 1 aliphatic rings. The van der Waals surface area contributed by atoms with Gasteiger partial charge < -0.3 is 10.1 Å². The van der Waals surface area contributed by atoms with Crippen molar-refractivity contribution in [3.8, 4) is 0 Å². The van der Waals surface area contributed by atoms with Crippen LogP contribution >= 0.6 is 15.9 Å². The molecule has 1 N–H and O–H groups in total. The summed E-state index contributed by atoms with van der Waals surface area (Å²) in [4.78, 5) is 12.3. The monoisotopic (exact) mass is 375 g/mol. The van der Waals surface area contributed by atoms with E-state index in [1.54, 1.807) is 6.92 Å². The van der Waals surface area contributed by atoms with Gasteiger partial charge in [-0.25, -0.2) is 13.2 Å². The molecule has 0 spiro atoms. The van der Waals surface area contributed by atoms with Crippen LogP contribution in [0.2, 0.25) is 0 Å². The Bertz CT molecular complexity index is 598. The Kier molecular flexibility index (Phi) is 4.93. The maximum Gasteiger partial charge on any atom is 0.331 e. The lowest BCUT2D eigenvalue weighted by atomic mass is 9.91. The molecule has 1 aromatic rings. The second kappa shape index (κ2) is 6.36. The summed E-state index contributed by atoms with van der Waals surface area (Å²) in [5, 5.41) is 3.18. The van der Waals surface area contributed by atoms with Gasteiger partial charge in [0.05, 0.1) is 18.1 Å². The van der Waals surface area contributed by atoms with E-state index in [0.717, 1.165) is 10.2 Å². The number of benzene rings is 1. The quantitative estimate of drug-likeness (QED) is 0.817. The minimum absolute atomic E-state index is 0.00462. The van der Waals surface area contributed by atoms with Gasteiger partial charge in [0, 0.05) is 10.2 Å². The molecule has 0 saturated carbocycles. The maximum absolute atomic E-state index is 12.3. The molecule has 1 saturated heterocycles. The Labute approximate surface area is 133 Å². The van der Waals surface area contributed by atoms with Crippen LogP contribution in [-0.2, 0) is 19.4 Å². The number of hydrogen-bond donors (Lipinski definition) is 1. The molecule has 0 atom stereocenters. The lowest BCUT2D eigenvalue weighted by molar-refractivity contribution is -0.148. The highest BCUT2D eigenvalue weighted by Crippen LogP contribution is 2.30. The number of nitrogens with one attached hydrogen (secondary N) is 1. The van der Waals surface area contributed by atoms with Crippen LogP contribution in [0.5, 0.6) is 0 Å². The molecule has 0 bridgehead atoms. The lowest BCUT2D eigenvalue weighted by Crippen LogP contribution is -2.52. The summed E-state index contributed by atoms with van der Waals surface area (Å²) in [5.74, 6) is -0.396. The van der Waals surface area contributed by atoms with Gasteiger partial charge in [-0.1, -0.05) is 15.9 Å². The number of esters is 1. The van der Waals surface area contributed by atoms with Crippen LogP contribution in [0.1, 0.15) is 19.8 Å². The zero-order valence-electron chi connectivity index (χ0n) is 11.8. The van der Waals surface area contributed by atoms with Crippen LogP contribution in [0.3, 0.4) is 0 Å². The summed E-state index contributed by atoms with van der Waals surface area (Å²) in [5.41, 5.74) is -0.194. The average molecular weight is 376 g/mol. The highest BCUT2D eigenvalue weighted by molar-refractivity contribution is 9.10. The summed E-state index contributed by atoms with van der Waals surface area (Å²) in [7, 11) is -3.06. The van der Waals surface area contributed by atoms with E-state index in [1.807, 2.05) is 24.3 Å². The summed E-state index contributed by atoms with van der Waals surface area (Å²) in [6.07, 6.45) is 0.453. The first-order chi connectivity index (χ1) is 9.87. The van der Waals surface area contributed by atoms with Gasteiger partial charge in [0.1, 0.15) is 5.54 Å². The maximum atomic E-state index is 12.3. The van der Waals surface area contributed by atoms with Gasteiger partial charge in [-0.2, -0.15) is 0 Å². The molecular weight excluding hydrogens is 358 g/mol. The number of ether oxygens (including phenoxy) is 1. The molecule has 1 aromatic carbocycles. The first-order valence-corrected chi connectivity index (χ1v) is 9.40. The van der Waals surface area contributed by atoms with E-state index in [9.17, 15) is 13.2 Å². The Hall–Kier alpha value is -1.08. The number of carbonyl (C=O) groups excluding carboxylic acids is 1. The first-order valence-electron chi connectivity index (χ1n) is 6.78. The molecule has 1 aliphatic heterocycles. The van der Waals surface area contributed by atoms with Gasteiger partial charge in [0.25, 0.3) is 0 Å². The van der Waals surface area contributed by atoms with E-state index in [0.29, 0.717) is 0 Å². The zero-order chi connectivity index (χ0) is 15.5. The third-order valence-electron chi connectivity index (χ3n) is 3.57. The van der Waals surface area contributed by atoms with Crippen LogP contribution in [0.25, 0.3) is 0 Å². The van der Waals surface area contributed by atoms with E-state index in [4.69, 9.17) is 4.74 Å². The summed E-state index contributed by atoms with van der Waals surface area (Å²) < 4.78 is 29.3. The SMILES string of the molecule is CCOC(=O)C1(Nc2ccc(Br)cc2)CCS(=O)(=O)CC1. The van der Waals surface area contributed by atoms with Gasteiger partial charge in [0.15, 0.2) is 9.84 Å². The highest BCUT2D eigenvalue weighted by Gasteiger charge is 2.44. The van der Waals surface area contributed by atoms with Crippen molar-refractivity contribution in [3.05, 3.63) is 28.7 Å². The van der Waals surface area contributed by atoms with E-state index >= 15 is 0 Å². The zero-order valence-corrected chi connectivity index (χ0v) is 14.2. The van der Waals surface area contributed by atoms with Crippen molar-refractivity contribution >= 4 is 37.4 Å². The number of sulfone groups is 1. The minimum Gasteiger partial charge on any atom is -0.464 e. The minimum atomic E-state index is -3.06. The van der Waals surface area contributed by atoms with Crippen molar-refractivity contribution in [2.24, 2.45) is 0 Å². The fraction of sp³-hybridized carbons (Fsp3) is 0.500. The molecule has 1 heterocycles. The highest BCUT2D eigenvalue weighted by atomic mass is 79.9. The second-order valence-corrected chi connectivity index (χ2v) is 8.31. The predicted molar refractivity (Wildman–Crippen MR) is 85.0 cm³/mol. The molecule has 21 heavy (non-hydrogen) atoms. The fourth-order valence-corrected chi connectivity index (χ4v) is 4.13. The van der Waals surface area contributed by atoms with E-state index in [-0.39, 0.29) is 36.9 Å². The summed E-state index contributed by atoms with van der Waals surface area (Å²) in [6.45, 7) is 2.01. The van der Waals surface area contributed by atoms with Crippen molar-refractivity contribution < 1.29 is 17.9 Å². The van der Waals surface area contributed by atoms with Gasteiger partial charge in [-0.3, -0.25) is 0 Å². The van der Waals surface area contributed by atoms with Crippen LogP contribution in [0.15, 0.2) is 28.7 Å². The molecule has 2 rings (SSSR count). The number of halogens is 1. The van der Waals surface area contributed by atoms with Crippen molar-refractivity contribution in [1.29, 1.82) is 0 Å². The standard InChI is InChI=1S/C14H18BrNO4S/c1-2-20-13(17)14(7-9-21(18,19)10-8-14)16-12-5-3-11(15)4-6-12/h3-6,16H,2,7-10H2,1H3. The van der Waals surface area contributed by atoms with E-state index < -0.39 is 15.4 Å². The first kappa shape index (κ1) is 16.3. The Balaban J connectivity index is 2.24. The molecular formula is C14H18BrNO4S. The van der Waals surface area contributed by atoms with Crippen LogP contribution < -0.4 is 5.32 Å². The Morgan fingerprint density at radius 3 is 2.38 bits per heavy atom. The third-order valence-corrected chi connectivity index (χ3v) is 5.75. The van der Waals surface area contributed by atoms with E-state index in [1.165, 1.54) is 0 Å². The molecule has 0 amide bonds. The smallest absolute Gasteiger partial charge is 0.331 e. The van der Waals surface area contributed by atoms with Gasteiger partial charge in [-0.15, -0.1) is 0 Å². The van der Waals surface area contributed by atoms with Crippen LogP contribution in [-0.4, -0.2) is 38.0 Å². The molecule has 5 nitrogen and oxygen atoms in total. The topological polar surface area (TPSA) is 72.5 Å². The third kappa shape index (κ3) is 3.97. The summed E-state index contributed by atoms with van der Waals surface area (Å²) in [6, 6.07) is 7.41. The van der Waals surface area contributed by atoms with Crippen molar-refractivity contribution in [2.45, 2.75) is 25.3 Å². The molecule has 7 heteroatoms. The lowest BCUT2D eigenvalue weighted by Gasteiger charge is -2.36. The Morgan fingerprint density at radius 2 is 1.86 bits per heavy atom.